The minimum absolute atomic E-state index is 0.181. The monoisotopic (exact) mass is 279 g/mol. The van der Waals surface area contributed by atoms with Gasteiger partial charge in [0.05, 0.1) is 13.2 Å². The maximum Gasteiger partial charge on any atom is 0.328 e. The van der Waals surface area contributed by atoms with Crippen molar-refractivity contribution < 1.29 is 19.4 Å². The molecule has 0 spiro atoms. The Labute approximate surface area is 118 Å². The van der Waals surface area contributed by atoms with Gasteiger partial charge in [0, 0.05) is 12.8 Å². The van der Waals surface area contributed by atoms with Crippen molar-refractivity contribution in [3.8, 4) is 0 Å². The van der Waals surface area contributed by atoms with Gasteiger partial charge in [-0.15, -0.1) is 0 Å². The molecular formula is C15H21NO4. The average Bonchev–Trinajstić information content (AvgIpc) is 2.44. The Balaban J connectivity index is 2.61. The predicted octanol–water partition coefficient (Wildman–Crippen LogP) is 1.05. The molecule has 110 valence electrons. The lowest BCUT2D eigenvalue weighted by atomic mass is 10.1. The van der Waals surface area contributed by atoms with Crippen LogP contribution in [0.4, 0.5) is 0 Å². The SMILES string of the molecule is COC(=O)C(Cc1ccccc1)NC(=O)CCC(C)O. The van der Waals surface area contributed by atoms with Crippen LogP contribution in [0.25, 0.3) is 0 Å². The topological polar surface area (TPSA) is 75.6 Å². The number of ether oxygens (including phenoxy) is 1. The van der Waals surface area contributed by atoms with E-state index in [1.807, 2.05) is 30.3 Å². The minimum Gasteiger partial charge on any atom is -0.467 e. The normalized spacial score (nSPS) is 13.3. The van der Waals surface area contributed by atoms with Crippen molar-refractivity contribution >= 4 is 11.9 Å². The van der Waals surface area contributed by atoms with E-state index in [-0.39, 0.29) is 12.3 Å². The lowest BCUT2D eigenvalue weighted by Gasteiger charge is -2.17. The molecule has 1 rings (SSSR count). The minimum atomic E-state index is -0.705. The Morgan fingerprint density at radius 2 is 1.95 bits per heavy atom. The van der Waals surface area contributed by atoms with E-state index >= 15 is 0 Å². The fourth-order valence-corrected chi connectivity index (χ4v) is 1.79. The zero-order valence-electron chi connectivity index (χ0n) is 11.8. The summed E-state index contributed by atoms with van der Waals surface area (Å²) in [5.74, 6) is -0.739. The smallest absolute Gasteiger partial charge is 0.328 e. The molecule has 5 nitrogen and oxygen atoms in total. The van der Waals surface area contributed by atoms with E-state index < -0.39 is 18.1 Å². The van der Waals surface area contributed by atoms with Gasteiger partial charge < -0.3 is 15.2 Å². The van der Waals surface area contributed by atoms with Crippen molar-refractivity contribution in [1.82, 2.24) is 5.32 Å². The Morgan fingerprint density at radius 1 is 1.30 bits per heavy atom. The van der Waals surface area contributed by atoms with Gasteiger partial charge >= 0.3 is 5.97 Å². The molecule has 1 aromatic carbocycles. The summed E-state index contributed by atoms with van der Waals surface area (Å²) in [7, 11) is 1.29. The van der Waals surface area contributed by atoms with Gasteiger partial charge in [-0.2, -0.15) is 0 Å². The first-order valence-corrected chi connectivity index (χ1v) is 6.62. The molecule has 2 N–H and O–H groups in total. The Hall–Kier alpha value is -1.88. The van der Waals surface area contributed by atoms with Crippen molar-refractivity contribution in [1.29, 1.82) is 0 Å². The summed E-state index contributed by atoms with van der Waals surface area (Å²) in [5, 5.41) is 11.8. The molecular weight excluding hydrogens is 258 g/mol. The number of hydrogen-bond acceptors (Lipinski definition) is 4. The zero-order chi connectivity index (χ0) is 15.0. The Kier molecular flexibility index (Phi) is 6.73. The molecule has 1 aromatic rings. The zero-order valence-corrected chi connectivity index (χ0v) is 11.8. The highest BCUT2D eigenvalue weighted by atomic mass is 16.5. The fraction of sp³-hybridized carbons (Fsp3) is 0.467. The number of methoxy groups -OCH3 is 1. The van der Waals surface area contributed by atoms with Gasteiger partial charge in [0.15, 0.2) is 0 Å². The average molecular weight is 279 g/mol. The van der Waals surface area contributed by atoms with Crippen LogP contribution in [-0.2, 0) is 20.7 Å². The predicted molar refractivity (Wildman–Crippen MR) is 75.0 cm³/mol. The van der Waals surface area contributed by atoms with Crippen LogP contribution in [0.2, 0.25) is 0 Å². The summed E-state index contributed by atoms with van der Waals surface area (Å²) < 4.78 is 4.71. The molecule has 20 heavy (non-hydrogen) atoms. The number of esters is 1. The van der Waals surface area contributed by atoms with Crippen LogP contribution >= 0.6 is 0 Å². The summed E-state index contributed by atoms with van der Waals surface area (Å²) in [4.78, 5) is 23.4. The van der Waals surface area contributed by atoms with E-state index in [4.69, 9.17) is 9.84 Å². The number of hydrogen-bond donors (Lipinski definition) is 2. The summed E-state index contributed by atoms with van der Waals surface area (Å²) in [6, 6.07) is 8.70. The molecule has 0 aromatic heterocycles. The van der Waals surface area contributed by atoms with Crippen molar-refractivity contribution in [2.45, 2.75) is 38.3 Å². The van der Waals surface area contributed by atoms with Gasteiger partial charge in [0.1, 0.15) is 6.04 Å². The number of carbonyl (C=O) groups excluding carboxylic acids is 2. The number of rotatable bonds is 7. The lowest BCUT2D eigenvalue weighted by Crippen LogP contribution is -2.43. The molecule has 0 saturated heterocycles. The number of amides is 1. The second kappa shape index (κ2) is 8.32. The van der Waals surface area contributed by atoms with Crippen molar-refractivity contribution in [2.75, 3.05) is 7.11 Å². The van der Waals surface area contributed by atoms with E-state index in [2.05, 4.69) is 5.32 Å². The number of benzene rings is 1. The first kappa shape index (κ1) is 16.2. The van der Waals surface area contributed by atoms with Crippen LogP contribution in [0.3, 0.4) is 0 Å². The number of aliphatic hydroxyl groups excluding tert-OH is 1. The van der Waals surface area contributed by atoms with E-state index in [1.54, 1.807) is 6.92 Å². The van der Waals surface area contributed by atoms with E-state index in [0.29, 0.717) is 12.8 Å². The first-order chi connectivity index (χ1) is 9.52. The molecule has 0 heterocycles. The second-order valence-electron chi connectivity index (χ2n) is 4.72. The third kappa shape index (κ3) is 5.84. The number of aliphatic hydroxyl groups is 1. The molecule has 0 radical (unpaired) electrons. The fourth-order valence-electron chi connectivity index (χ4n) is 1.79. The maximum absolute atomic E-state index is 11.7. The van der Waals surface area contributed by atoms with E-state index in [1.165, 1.54) is 7.11 Å². The van der Waals surface area contributed by atoms with Gasteiger partial charge in [-0.05, 0) is 18.9 Å². The quantitative estimate of drug-likeness (QED) is 0.731. The van der Waals surface area contributed by atoms with Crippen LogP contribution in [0.15, 0.2) is 30.3 Å². The Morgan fingerprint density at radius 3 is 2.50 bits per heavy atom. The highest BCUT2D eigenvalue weighted by molar-refractivity contribution is 5.84. The molecule has 5 heteroatoms. The largest absolute Gasteiger partial charge is 0.467 e. The van der Waals surface area contributed by atoms with Crippen LogP contribution in [0, 0.1) is 0 Å². The highest BCUT2D eigenvalue weighted by Gasteiger charge is 2.21. The number of carbonyl (C=O) groups is 2. The highest BCUT2D eigenvalue weighted by Crippen LogP contribution is 2.05. The Bertz CT molecular complexity index is 431. The lowest BCUT2D eigenvalue weighted by molar-refractivity contribution is -0.145. The van der Waals surface area contributed by atoms with Gasteiger partial charge in [-0.25, -0.2) is 4.79 Å². The van der Waals surface area contributed by atoms with Gasteiger partial charge in [-0.1, -0.05) is 30.3 Å². The molecule has 1 amide bonds. The molecule has 2 unspecified atom stereocenters. The van der Waals surface area contributed by atoms with Crippen LogP contribution < -0.4 is 5.32 Å². The third-order valence-corrected chi connectivity index (χ3v) is 2.89. The van der Waals surface area contributed by atoms with Gasteiger partial charge in [-0.3, -0.25) is 4.79 Å². The molecule has 0 aliphatic heterocycles. The van der Waals surface area contributed by atoms with Crippen molar-refractivity contribution in [3.63, 3.8) is 0 Å². The standard InChI is InChI=1S/C15H21NO4/c1-11(17)8-9-14(18)16-13(15(19)20-2)10-12-6-4-3-5-7-12/h3-7,11,13,17H,8-10H2,1-2H3,(H,16,18). The number of nitrogens with one attached hydrogen (secondary N) is 1. The van der Waals surface area contributed by atoms with Crippen LogP contribution in [-0.4, -0.2) is 36.2 Å². The third-order valence-electron chi connectivity index (χ3n) is 2.89. The second-order valence-corrected chi connectivity index (χ2v) is 4.72. The maximum atomic E-state index is 11.7. The van der Waals surface area contributed by atoms with Crippen LogP contribution in [0.5, 0.6) is 0 Å². The van der Waals surface area contributed by atoms with Gasteiger partial charge in [0.25, 0.3) is 0 Å². The first-order valence-electron chi connectivity index (χ1n) is 6.62. The van der Waals surface area contributed by atoms with Crippen molar-refractivity contribution in [2.24, 2.45) is 0 Å². The summed E-state index contributed by atoms with van der Waals surface area (Å²) >= 11 is 0. The molecule has 0 aliphatic carbocycles. The van der Waals surface area contributed by atoms with E-state index in [0.717, 1.165) is 5.56 Å². The van der Waals surface area contributed by atoms with Gasteiger partial charge in [0.2, 0.25) is 5.91 Å². The van der Waals surface area contributed by atoms with Crippen molar-refractivity contribution in [3.05, 3.63) is 35.9 Å². The summed E-state index contributed by atoms with van der Waals surface area (Å²) in [6.45, 7) is 1.62. The molecule has 2 atom stereocenters. The summed E-state index contributed by atoms with van der Waals surface area (Å²) in [6.07, 6.45) is 0.394. The molecule has 0 fully saturated rings. The van der Waals surface area contributed by atoms with Crippen LogP contribution in [0.1, 0.15) is 25.3 Å². The molecule has 0 bridgehead atoms. The molecule has 0 saturated carbocycles. The molecule has 0 aliphatic rings. The summed E-state index contributed by atoms with van der Waals surface area (Å²) in [5.41, 5.74) is 0.943. The van der Waals surface area contributed by atoms with E-state index in [9.17, 15) is 9.59 Å².